The van der Waals surface area contributed by atoms with Crippen molar-refractivity contribution in [2.45, 2.75) is 90.4 Å². The predicted octanol–water partition coefficient (Wildman–Crippen LogP) is 5.52. The minimum atomic E-state index is 0.360. The molecule has 1 aliphatic carbocycles. The van der Waals surface area contributed by atoms with Gasteiger partial charge in [0.25, 0.3) is 0 Å². The van der Waals surface area contributed by atoms with E-state index in [9.17, 15) is 4.79 Å². The molecule has 1 heteroatoms. The summed E-state index contributed by atoms with van der Waals surface area (Å²) in [6, 6.07) is 0. The fourth-order valence-electron chi connectivity index (χ4n) is 3.28. The summed E-state index contributed by atoms with van der Waals surface area (Å²) >= 11 is 0. The van der Waals surface area contributed by atoms with Crippen LogP contribution in [0, 0.1) is 11.8 Å². The number of unbranched alkanes of at least 4 members (excludes halogenated alkanes) is 5. The van der Waals surface area contributed by atoms with Gasteiger partial charge in [-0.15, -0.1) is 0 Å². The zero-order valence-electron chi connectivity index (χ0n) is 12.3. The van der Waals surface area contributed by atoms with E-state index < -0.39 is 0 Å². The van der Waals surface area contributed by atoms with Crippen LogP contribution in [0.2, 0.25) is 0 Å². The van der Waals surface area contributed by atoms with Gasteiger partial charge in [0.1, 0.15) is 6.29 Å². The Morgan fingerprint density at radius 1 is 1.00 bits per heavy atom. The molecule has 0 spiro atoms. The summed E-state index contributed by atoms with van der Waals surface area (Å²) in [5, 5.41) is 0. The number of hydrogen-bond donors (Lipinski definition) is 0. The zero-order valence-corrected chi connectivity index (χ0v) is 12.3. The molecule has 0 saturated heterocycles. The van der Waals surface area contributed by atoms with E-state index in [4.69, 9.17) is 0 Å². The highest BCUT2D eigenvalue weighted by molar-refractivity contribution is 5.53. The normalized spacial score (nSPS) is 18.7. The number of aldehydes is 1. The Morgan fingerprint density at radius 2 is 1.67 bits per heavy atom. The Hall–Kier alpha value is -0.330. The third-order valence-electron chi connectivity index (χ3n) is 4.48. The van der Waals surface area contributed by atoms with Crippen molar-refractivity contribution in [3.05, 3.63) is 0 Å². The van der Waals surface area contributed by atoms with Gasteiger partial charge in [0.05, 0.1) is 0 Å². The molecule has 0 aromatic rings. The first kappa shape index (κ1) is 15.7. The van der Waals surface area contributed by atoms with Crippen LogP contribution in [0.5, 0.6) is 0 Å². The Bertz CT molecular complexity index is 194. The summed E-state index contributed by atoms with van der Waals surface area (Å²) in [5.41, 5.74) is 0. The second kappa shape index (κ2) is 10.6. The quantitative estimate of drug-likeness (QED) is 0.369. The van der Waals surface area contributed by atoms with Crippen molar-refractivity contribution in [2.24, 2.45) is 11.8 Å². The molecule has 0 aromatic heterocycles. The third-order valence-corrected chi connectivity index (χ3v) is 4.48. The summed E-state index contributed by atoms with van der Waals surface area (Å²) in [6.45, 7) is 2.26. The van der Waals surface area contributed by atoms with Gasteiger partial charge in [0.2, 0.25) is 0 Å². The highest BCUT2D eigenvalue weighted by atomic mass is 16.1. The standard InChI is InChI=1S/C17H32O/c1-2-3-4-5-6-8-13-17(15-18)14-16-11-9-7-10-12-16/h15-17H,2-14H2,1H3. The molecule has 0 amide bonds. The molecule has 0 N–H and O–H groups in total. The molecule has 0 bridgehead atoms. The molecule has 1 saturated carbocycles. The maximum Gasteiger partial charge on any atom is 0.123 e. The number of carbonyl (C=O) groups excluding carboxylic acids is 1. The van der Waals surface area contributed by atoms with Crippen LogP contribution in [-0.2, 0) is 4.79 Å². The SMILES string of the molecule is CCCCCCCCC(C=O)CC1CCCCC1. The Morgan fingerprint density at radius 3 is 2.33 bits per heavy atom. The lowest BCUT2D eigenvalue weighted by molar-refractivity contribution is -0.111. The van der Waals surface area contributed by atoms with Crippen LogP contribution in [0.3, 0.4) is 0 Å². The summed E-state index contributed by atoms with van der Waals surface area (Å²) in [4.78, 5) is 11.1. The van der Waals surface area contributed by atoms with Gasteiger partial charge < -0.3 is 4.79 Å². The lowest BCUT2D eigenvalue weighted by Crippen LogP contribution is -2.13. The predicted molar refractivity (Wildman–Crippen MR) is 78.7 cm³/mol. The van der Waals surface area contributed by atoms with E-state index in [0.717, 1.165) is 12.3 Å². The average molecular weight is 252 g/mol. The van der Waals surface area contributed by atoms with Crippen LogP contribution in [-0.4, -0.2) is 6.29 Å². The molecular formula is C17H32O. The van der Waals surface area contributed by atoms with E-state index >= 15 is 0 Å². The molecule has 1 atom stereocenters. The molecular weight excluding hydrogens is 220 g/mol. The molecule has 0 radical (unpaired) electrons. The van der Waals surface area contributed by atoms with Crippen molar-refractivity contribution < 1.29 is 4.79 Å². The van der Waals surface area contributed by atoms with Gasteiger partial charge in [0.15, 0.2) is 0 Å². The molecule has 1 nitrogen and oxygen atoms in total. The van der Waals surface area contributed by atoms with E-state index in [2.05, 4.69) is 6.92 Å². The van der Waals surface area contributed by atoms with Crippen LogP contribution in [0.15, 0.2) is 0 Å². The van der Waals surface area contributed by atoms with E-state index in [1.165, 1.54) is 83.3 Å². The van der Waals surface area contributed by atoms with Gasteiger partial charge in [-0.25, -0.2) is 0 Å². The Balaban J connectivity index is 2.03. The minimum Gasteiger partial charge on any atom is -0.303 e. The number of carbonyl (C=O) groups is 1. The van der Waals surface area contributed by atoms with Gasteiger partial charge in [0, 0.05) is 5.92 Å². The monoisotopic (exact) mass is 252 g/mol. The Labute approximate surface area is 114 Å². The van der Waals surface area contributed by atoms with Crippen molar-refractivity contribution in [3.8, 4) is 0 Å². The molecule has 0 aliphatic heterocycles. The lowest BCUT2D eigenvalue weighted by atomic mass is 9.82. The van der Waals surface area contributed by atoms with Crippen molar-refractivity contribution in [2.75, 3.05) is 0 Å². The highest BCUT2D eigenvalue weighted by Gasteiger charge is 2.18. The first-order chi connectivity index (χ1) is 8.86. The molecule has 18 heavy (non-hydrogen) atoms. The summed E-state index contributed by atoms with van der Waals surface area (Å²) in [7, 11) is 0. The highest BCUT2D eigenvalue weighted by Crippen LogP contribution is 2.30. The average Bonchev–Trinajstić information content (AvgIpc) is 2.42. The van der Waals surface area contributed by atoms with Gasteiger partial charge in [-0.3, -0.25) is 0 Å². The van der Waals surface area contributed by atoms with E-state index in [1.54, 1.807) is 0 Å². The second-order valence-corrected chi connectivity index (χ2v) is 6.19. The van der Waals surface area contributed by atoms with Crippen LogP contribution in [0.4, 0.5) is 0 Å². The first-order valence-corrected chi connectivity index (χ1v) is 8.32. The second-order valence-electron chi connectivity index (χ2n) is 6.19. The third kappa shape index (κ3) is 7.18. The first-order valence-electron chi connectivity index (χ1n) is 8.32. The van der Waals surface area contributed by atoms with Gasteiger partial charge in [-0.05, 0) is 18.8 Å². The van der Waals surface area contributed by atoms with Crippen molar-refractivity contribution in [1.82, 2.24) is 0 Å². The molecule has 1 fully saturated rings. The van der Waals surface area contributed by atoms with Gasteiger partial charge >= 0.3 is 0 Å². The fourth-order valence-corrected chi connectivity index (χ4v) is 3.28. The van der Waals surface area contributed by atoms with Crippen LogP contribution in [0.1, 0.15) is 90.4 Å². The van der Waals surface area contributed by atoms with E-state index in [0.29, 0.717) is 5.92 Å². The molecule has 106 valence electrons. The molecule has 1 unspecified atom stereocenters. The maximum atomic E-state index is 11.1. The number of rotatable bonds is 10. The fraction of sp³-hybridized carbons (Fsp3) is 0.941. The topological polar surface area (TPSA) is 17.1 Å². The molecule has 0 heterocycles. The molecule has 1 rings (SSSR count). The van der Waals surface area contributed by atoms with Crippen LogP contribution < -0.4 is 0 Å². The lowest BCUT2D eigenvalue weighted by Gasteiger charge is -2.24. The van der Waals surface area contributed by atoms with Crippen LogP contribution >= 0.6 is 0 Å². The summed E-state index contributed by atoms with van der Waals surface area (Å²) in [6.07, 6.45) is 18.5. The Kier molecular flexibility index (Phi) is 9.24. The smallest absolute Gasteiger partial charge is 0.123 e. The zero-order chi connectivity index (χ0) is 13.1. The van der Waals surface area contributed by atoms with Gasteiger partial charge in [-0.1, -0.05) is 77.6 Å². The maximum absolute atomic E-state index is 11.1. The molecule has 0 aromatic carbocycles. The van der Waals surface area contributed by atoms with Gasteiger partial charge in [-0.2, -0.15) is 0 Å². The van der Waals surface area contributed by atoms with Crippen molar-refractivity contribution in [3.63, 3.8) is 0 Å². The summed E-state index contributed by atoms with van der Waals surface area (Å²) in [5.74, 6) is 1.22. The van der Waals surface area contributed by atoms with Crippen molar-refractivity contribution in [1.29, 1.82) is 0 Å². The number of hydrogen-bond acceptors (Lipinski definition) is 1. The minimum absolute atomic E-state index is 0.360. The van der Waals surface area contributed by atoms with Crippen molar-refractivity contribution >= 4 is 6.29 Å². The van der Waals surface area contributed by atoms with Crippen LogP contribution in [0.25, 0.3) is 0 Å². The van der Waals surface area contributed by atoms with E-state index in [1.807, 2.05) is 0 Å². The van der Waals surface area contributed by atoms with E-state index in [-0.39, 0.29) is 0 Å². The largest absolute Gasteiger partial charge is 0.303 e. The summed E-state index contributed by atoms with van der Waals surface area (Å²) < 4.78 is 0. The molecule has 1 aliphatic rings.